The van der Waals surface area contributed by atoms with Gasteiger partial charge in [-0.15, -0.1) is 11.3 Å². The van der Waals surface area contributed by atoms with Gasteiger partial charge >= 0.3 is 6.09 Å². The third kappa shape index (κ3) is 3.91. The molecule has 0 spiro atoms. The van der Waals surface area contributed by atoms with Crippen molar-refractivity contribution in [3.8, 4) is 0 Å². The van der Waals surface area contributed by atoms with Crippen LogP contribution in [0.25, 0.3) is 0 Å². The Hall–Kier alpha value is -1.18. The van der Waals surface area contributed by atoms with Crippen molar-refractivity contribution >= 4 is 17.4 Å². The summed E-state index contributed by atoms with van der Waals surface area (Å²) in [6.45, 7) is 7.88. The first-order valence-electron chi connectivity index (χ1n) is 6.65. The van der Waals surface area contributed by atoms with Crippen LogP contribution in [0.15, 0.2) is 10.9 Å². The van der Waals surface area contributed by atoms with Crippen LogP contribution < -0.4 is 0 Å². The van der Waals surface area contributed by atoms with Gasteiger partial charge in [-0.3, -0.25) is 4.90 Å². The van der Waals surface area contributed by atoms with Gasteiger partial charge in [0.2, 0.25) is 0 Å². The van der Waals surface area contributed by atoms with E-state index in [9.17, 15) is 9.90 Å². The number of aliphatic hydroxyl groups excluding tert-OH is 1. The molecule has 112 valence electrons. The second kappa shape index (κ2) is 6.07. The third-order valence-electron chi connectivity index (χ3n) is 3.03. The summed E-state index contributed by atoms with van der Waals surface area (Å²) >= 11 is 1.46. The van der Waals surface area contributed by atoms with Crippen molar-refractivity contribution in [3.63, 3.8) is 0 Å². The maximum absolute atomic E-state index is 11.9. The molecule has 1 amide bonds. The number of hydrogen-bond acceptors (Lipinski definition) is 6. The van der Waals surface area contributed by atoms with Crippen LogP contribution >= 0.6 is 11.3 Å². The molecule has 0 radical (unpaired) electrons. The largest absolute Gasteiger partial charge is 0.444 e. The predicted octanol–water partition coefficient (Wildman–Crippen LogP) is 1.69. The number of aliphatic hydroxyl groups is 1. The van der Waals surface area contributed by atoms with E-state index >= 15 is 0 Å². The highest BCUT2D eigenvalue weighted by Gasteiger charge is 2.29. The van der Waals surface area contributed by atoms with Gasteiger partial charge in [0.1, 0.15) is 5.60 Å². The highest BCUT2D eigenvalue weighted by Crippen LogP contribution is 2.20. The quantitative estimate of drug-likeness (QED) is 0.900. The fraction of sp³-hybridized carbons (Fsp3) is 0.692. The zero-order valence-electron chi connectivity index (χ0n) is 12.1. The lowest BCUT2D eigenvalue weighted by molar-refractivity contribution is -0.0370. The van der Waals surface area contributed by atoms with Crippen LogP contribution in [-0.2, 0) is 4.74 Å². The highest BCUT2D eigenvalue weighted by molar-refractivity contribution is 7.07. The zero-order valence-corrected chi connectivity index (χ0v) is 12.9. The summed E-state index contributed by atoms with van der Waals surface area (Å²) in [6, 6.07) is 0. The number of carbonyl (C=O) groups excluding carboxylic acids is 1. The van der Waals surface area contributed by atoms with Crippen molar-refractivity contribution in [1.82, 2.24) is 14.8 Å². The molecular weight excluding hydrogens is 278 g/mol. The predicted molar refractivity (Wildman–Crippen MR) is 76.5 cm³/mol. The van der Waals surface area contributed by atoms with Crippen LogP contribution in [0.3, 0.4) is 0 Å². The minimum Gasteiger partial charge on any atom is -0.444 e. The molecule has 1 aliphatic heterocycles. The maximum Gasteiger partial charge on any atom is 0.410 e. The molecule has 1 fully saturated rings. The Morgan fingerprint density at radius 1 is 1.40 bits per heavy atom. The standard InChI is InChI=1S/C13H21N3O3S/c1-13(2,3)19-12(18)16-6-4-15(5-7-16)11(17)10-8-20-9-14-10/h8-9,11,17H,4-7H2,1-3H3. The van der Waals surface area contributed by atoms with Gasteiger partial charge in [0.05, 0.1) is 11.2 Å². The van der Waals surface area contributed by atoms with Gasteiger partial charge in [0.25, 0.3) is 0 Å². The fourth-order valence-electron chi connectivity index (χ4n) is 2.01. The first-order valence-corrected chi connectivity index (χ1v) is 7.59. The van der Waals surface area contributed by atoms with Crippen molar-refractivity contribution in [2.24, 2.45) is 0 Å². The molecule has 0 saturated carbocycles. The van der Waals surface area contributed by atoms with Gasteiger partial charge in [-0.25, -0.2) is 9.78 Å². The van der Waals surface area contributed by atoms with E-state index in [0.29, 0.717) is 31.9 Å². The number of piperazine rings is 1. The monoisotopic (exact) mass is 299 g/mol. The van der Waals surface area contributed by atoms with Crippen molar-refractivity contribution < 1.29 is 14.6 Å². The topological polar surface area (TPSA) is 65.9 Å². The molecule has 0 aromatic carbocycles. The molecular formula is C13H21N3O3S. The number of amides is 1. The van der Waals surface area contributed by atoms with Gasteiger partial charge < -0.3 is 14.7 Å². The van der Waals surface area contributed by atoms with Crippen LogP contribution in [0.4, 0.5) is 4.79 Å². The van der Waals surface area contributed by atoms with E-state index in [-0.39, 0.29) is 6.09 Å². The molecule has 1 aliphatic rings. The van der Waals surface area contributed by atoms with Crippen LogP contribution in [0.5, 0.6) is 0 Å². The van der Waals surface area contributed by atoms with E-state index in [1.165, 1.54) is 11.3 Å². The molecule has 0 bridgehead atoms. The van der Waals surface area contributed by atoms with Crippen molar-refractivity contribution in [1.29, 1.82) is 0 Å². The number of carbonyl (C=O) groups is 1. The Balaban J connectivity index is 1.85. The van der Waals surface area contributed by atoms with Gasteiger partial charge in [-0.05, 0) is 20.8 Å². The van der Waals surface area contributed by atoms with Crippen molar-refractivity contribution in [2.45, 2.75) is 32.6 Å². The number of aromatic nitrogens is 1. The zero-order chi connectivity index (χ0) is 14.8. The molecule has 2 rings (SSSR count). The Kier molecular flexibility index (Phi) is 4.62. The molecule has 2 heterocycles. The first-order chi connectivity index (χ1) is 9.37. The van der Waals surface area contributed by atoms with Crippen molar-refractivity contribution in [2.75, 3.05) is 26.2 Å². The maximum atomic E-state index is 11.9. The Morgan fingerprint density at radius 2 is 2.05 bits per heavy atom. The molecule has 1 aromatic rings. The lowest BCUT2D eigenvalue weighted by Crippen LogP contribution is -2.50. The summed E-state index contributed by atoms with van der Waals surface area (Å²) < 4.78 is 5.34. The SMILES string of the molecule is CC(C)(C)OC(=O)N1CCN(C(O)c2cscn2)CC1. The smallest absolute Gasteiger partial charge is 0.410 e. The summed E-state index contributed by atoms with van der Waals surface area (Å²) in [5.41, 5.74) is 1.89. The van der Waals surface area contributed by atoms with E-state index in [1.54, 1.807) is 10.4 Å². The summed E-state index contributed by atoms with van der Waals surface area (Å²) in [6.07, 6.45) is -0.984. The molecule has 1 unspecified atom stereocenters. The van der Waals surface area contributed by atoms with Crippen LogP contribution in [0.1, 0.15) is 32.7 Å². The molecule has 1 saturated heterocycles. The molecule has 20 heavy (non-hydrogen) atoms. The van der Waals surface area contributed by atoms with Crippen LogP contribution in [-0.4, -0.2) is 57.8 Å². The minimum absolute atomic E-state index is 0.291. The van der Waals surface area contributed by atoms with Crippen LogP contribution in [0, 0.1) is 0 Å². The second-order valence-electron chi connectivity index (χ2n) is 5.79. The Labute approximate surface area is 123 Å². The molecule has 1 N–H and O–H groups in total. The van der Waals surface area contributed by atoms with Gasteiger partial charge in [-0.2, -0.15) is 0 Å². The van der Waals surface area contributed by atoms with Gasteiger partial charge in [0.15, 0.2) is 6.23 Å². The second-order valence-corrected chi connectivity index (χ2v) is 6.51. The number of rotatable bonds is 2. The molecule has 1 aromatic heterocycles. The highest BCUT2D eigenvalue weighted by atomic mass is 32.1. The number of hydrogen-bond donors (Lipinski definition) is 1. The van der Waals surface area contributed by atoms with Crippen molar-refractivity contribution in [3.05, 3.63) is 16.6 Å². The van der Waals surface area contributed by atoms with Gasteiger partial charge in [-0.1, -0.05) is 0 Å². The minimum atomic E-state index is -0.693. The number of nitrogens with zero attached hydrogens (tertiary/aromatic N) is 3. The molecule has 7 heteroatoms. The third-order valence-corrected chi connectivity index (χ3v) is 3.63. The Morgan fingerprint density at radius 3 is 2.55 bits per heavy atom. The van der Waals surface area contributed by atoms with Crippen LogP contribution in [0.2, 0.25) is 0 Å². The number of thiazole rings is 1. The summed E-state index contributed by atoms with van der Waals surface area (Å²) in [7, 11) is 0. The normalized spacial score (nSPS) is 18.9. The summed E-state index contributed by atoms with van der Waals surface area (Å²) in [5.74, 6) is 0. The average Bonchev–Trinajstić information content (AvgIpc) is 2.90. The van der Waals surface area contributed by atoms with E-state index < -0.39 is 11.8 Å². The molecule has 0 aliphatic carbocycles. The number of ether oxygens (including phenoxy) is 1. The van der Waals surface area contributed by atoms with Gasteiger partial charge in [0, 0.05) is 31.6 Å². The van der Waals surface area contributed by atoms with E-state index in [4.69, 9.17) is 4.74 Å². The molecule has 1 atom stereocenters. The van der Waals surface area contributed by atoms with E-state index in [1.807, 2.05) is 31.1 Å². The average molecular weight is 299 g/mol. The summed E-state index contributed by atoms with van der Waals surface area (Å²) in [4.78, 5) is 19.6. The lowest BCUT2D eigenvalue weighted by atomic mass is 10.2. The Bertz CT molecular complexity index is 436. The summed E-state index contributed by atoms with van der Waals surface area (Å²) in [5, 5.41) is 12.0. The first kappa shape index (κ1) is 15.2. The lowest BCUT2D eigenvalue weighted by Gasteiger charge is -2.37. The fourth-order valence-corrected chi connectivity index (χ4v) is 2.58. The molecule has 6 nitrogen and oxygen atoms in total. The van der Waals surface area contributed by atoms with E-state index in [0.717, 1.165) is 0 Å². The van der Waals surface area contributed by atoms with E-state index in [2.05, 4.69) is 4.98 Å².